The minimum absolute atomic E-state index is 0.421. The average molecular weight is 271 g/mol. The van der Waals surface area contributed by atoms with E-state index in [1.807, 2.05) is 17.7 Å². The zero-order chi connectivity index (χ0) is 14.5. The first-order valence-corrected chi connectivity index (χ1v) is 7.67. The molecule has 3 heteroatoms. The summed E-state index contributed by atoms with van der Waals surface area (Å²) in [5.41, 5.74) is 2.83. The molecule has 1 aromatic heterocycles. The molecule has 20 heavy (non-hydrogen) atoms. The molecule has 1 aromatic rings. The van der Waals surface area contributed by atoms with Gasteiger partial charge in [-0.3, -0.25) is 0 Å². The Morgan fingerprint density at radius 2 is 2.20 bits per heavy atom. The summed E-state index contributed by atoms with van der Waals surface area (Å²) in [5.74, 6) is 0.871. The van der Waals surface area contributed by atoms with E-state index in [0.717, 1.165) is 18.2 Å². The monoisotopic (exact) mass is 271 g/mol. The molecule has 0 aliphatic heterocycles. The maximum Gasteiger partial charge on any atom is 0.120 e. The Kier molecular flexibility index (Phi) is 2.99. The van der Waals surface area contributed by atoms with Crippen molar-refractivity contribution in [2.45, 2.75) is 52.6 Å². The van der Waals surface area contributed by atoms with Crippen molar-refractivity contribution in [3.05, 3.63) is 23.5 Å². The van der Waals surface area contributed by atoms with Crippen LogP contribution in [0.15, 0.2) is 12.3 Å². The first-order valence-electron chi connectivity index (χ1n) is 7.67. The number of nitrogens with one attached hydrogen (secondary N) is 1. The fourth-order valence-corrected chi connectivity index (χ4v) is 4.59. The minimum atomic E-state index is 0.421. The maximum atomic E-state index is 9.02. The molecule has 0 amide bonds. The summed E-state index contributed by atoms with van der Waals surface area (Å²) < 4.78 is 1.91. The molecule has 2 aliphatic carbocycles. The van der Waals surface area contributed by atoms with Crippen molar-refractivity contribution in [1.82, 2.24) is 9.88 Å². The van der Waals surface area contributed by atoms with Gasteiger partial charge in [0, 0.05) is 25.8 Å². The third kappa shape index (κ3) is 1.74. The summed E-state index contributed by atoms with van der Waals surface area (Å²) in [6.45, 7) is 8.23. The molecule has 3 atom stereocenters. The van der Waals surface area contributed by atoms with Crippen LogP contribution in [-0.2, 0) is 13.6 Å². The van der Waals surface area contributed by atoms with Gasteiger partial charge in [0.15, 0.2) is 0 Å². The van der Waals surface area contributed by atoms with E-state index in [1.165, 1.54) is 24.8 Å². The van der Waals surface area contributed by atoms with Gasteiger partial charge in [0.25, 0.3) is 0 Å². The predicted octanol–water partition coefficient (Wildman–Crippen LogP) is 3.20. The van der Waals surface area contributed by atoms with E-state index in [-0.39, 0.29) is 0 Å². The molecule has 2 saturated carbocycles. The molecule has 1 heterocycles. The van der Waals surface area contributed by atoms with E-state index in [4.69, 9.17) is 5.26 Å². The van der Waals surface area contributed by atoms with Crippen molar-refractivity contribution in [3.63, 3.8) is 0 Å². The van der Waals surface area contributed by atoms with Gasteiger partial charge in [-0.1, -0.05) is 20.8 Å². The van der Waals surface area contributed by atoms with Gasteiger partial charge in [-0.05, 0) is 47.6 Å². The van der Waals surface area contributed by atoms with E-state index in [2.05, 4.69) is 38.4 Å². The zero-order valence-corrected chi connectivity index (χ0v) is 13.0. The number of aromatic nitrogens is 1. The van der Waals surface area contributed by atoms with Gasteiger partial charge in [-0.15, -0.1) is 0 Å². The van der Waals surface area contributed by atoms with Gasteiger partial charge in [-0.2, -0.15) is 5.26 Å². The van der Waals surface area contributed by atoms with E-state index >= 15 is 0 Å². The van der Waals surface area contributed by atoms with Crippen LogP contribution in [0.2, 0.25) is 0 Å². The highest BCUT2D eigenvalue weighted by Gasteiger charge is 2.60. The van der Waals surface area contributed by atoms with Crippen molar-refractivity contribution in [1.29, 1.82) is 5.26 Å². The number of aryl methyl sites for hydroxylation is 1. The summed E-state index contributed by atoms with van der Waals surface area (Å²) in [6.07, 6.45) is 6.11. The Labute approximate surface area is 122 Å². The summed E-state index contributed by atoms with van der Waals surface area (Å²) in [4.78, 5) is 0. The van der Waals surface area contributed by atoms with E-state index in [0.29, 0.717) is 16.9 Å². The van der Waals surface area contributed by atoms with Crippen molar-refractivity contribution in [3.8, 4) is 6.07 Å². The lowest BCUT2D eigenvalue weighted by molar-refractivity contribution is 0.120. The van der Waals surface area contributed by atoms with Gasteiger partial charge >= 0.3 is 0 Å². The Balaban J connectivity index is 1.70. The number of nitriles is 1. The highest BCUT2D eigenvalue weighted by atomic mass is 15.0. The topological polar surface area (TPSA) is 40.8 Å². The molecule has 3 rings (SSSR count). The van der Waals surface area contributed by atoms with Crippen LogP contribution in [-0.4, -0.2) is 10.6 Å². The average Bonchev–Trinajstić information content (AvgIpc) is 2.93. The second kappa shape index (κ2) is 4.36. The third-order valence-corrected chi connectivity index (χ3v) is 6.52. The van der Waals surface area contributed by atoms with Crippen LogP contribution in [0.1, 0.15) is 51.3 Å². The van der Waals surface area contributed by atoms with Crippen molar-refractivity contribution in [2.24, 2.45) is 23.8 Å². The van der Waals surface area contributed by atoms with Crippen LogP contribution in [0.5, 0.6) is 0 Å². The normalized spacial score (nSPS) is 34.4. The Bertz CT molecular complexity index is 563. The number of hydrogen-bond acceptors (Lipinski definition) is 2. The lowest BCUT2D eigenvalue weighted by Crippen LogP contribution is -2.44. The first-order chi connectivity index (χ1) is 9.38. The van der Waals surface area contributed by atoms with Gasteiger partial charge in [0.1, 0.15) is 11.8 Å². The van der Waals surface area contributed by atoms with Gasteiger partial charge in [0.2, 0.25) is 0 Å². The maximum absolute atomic E-state index is 9.02. The van der Waals surface area contributed by atoms with E-state index in [9.17, 15) is 0 Å². The van der Waals surface area contributed by atoms with Crippen LogP contribution >= 0.6 is 0 Å². The number of nitrogens with zero attached hydrogens (tertiary/aromatic N) is 2. The fraction of sp³-hybridized carbons (Fsp3) is 0.706. The summed E-state index contributed by atoms with van der Waals surface area (Å²) >= 11 is 0. The summed E-state index contributed by atoms with van der Waals surface area (Å²) in [5, 5.41) is 12.8. The smallest absolute Gasteiger partial charge is 0.120 e. The number of fused-ring (bicyclic) bond motifs is 2. The van der Waals surface area contributed by atoms with Crippen molar-refractivity contribution >= 4 is 0 Å². The third-order valence-electron chi connectivity index (χ3n) is 6.52. The lowest BCUT2D eigenvalue weighted by Gasteiger charge is -2.39. The Morgan fingerprint density at radius 3 is 2.70 bits per heavy atom. The largest absolute Gasteiger partial charge is 0.342 e. The molecule has 2 bridgehead atoms. The molecular formula is C17H25N3. The second-order valence-corrected chi connectivity index (χ2v) is 7.50. The minimum Gasteiger partial charge on any atom is -0.342 e. The SMILES string of the molecule is Cn1cc(CNC2CC3CCC2(C)C3(C)C)cc1C#N. The molecule has 2 aliphatic rings. The van der Waals surface area contributed by atoms with Crippen molar-refractivity contribution < 1.29 is 0 Å². The van der Waals surface area contributed by atoms with Crippen LogP contribution in [0.25, 0.3) is 0 Å². The highest BCUT2D eigenvalue weighted by molar-refractivity contribution is 5.28. The number of hydrogen-bond donors (Lipinski definition) is 1. The standard InChI is InChI=1S/C17H25N3/c1-16(2)13-5-6-17(16,3)15(8-13)19-10-12-7-14(9-18)20(4)11-12/h7,11,13,15,19H,5-6,8,10H2,1-4H3. The van der Waals surface area contributed by atoms with E-state index in [1.54, 1.807) is 0 Å². The summed E-state index contributed by atoms with van der Waals surface area (Å²) in [6, 6.07) is 4.83. The lowest BCUT2D eigenvalue weighted by atomic mass is 9.69. The summed E-state index contributed by atoms with van der Waals surface area (Å²) in [7, 11) is 1.93. The predicted molar refractivity (Wildman–Crippen MR) is 80.0 cm³/mol. The Hall–Kier alpha value is -1.27. The molecule has 3 nitrogen and oxygen atoms in total. The molecule has 1 N–H and O–H groups in total. The highest BCUT2D eigenvalue weighted by Crippen LogP contribution is 2.65. The molecule has 0 saturated heterocycles. The van der Waals surface area contributed by atoms with Crippen LogP contribution < -0.4 is 5.32 Å². The second-order valence-electron chi connectivity index (χ2n) is 7.50. The molecule has 0 aromatic carbocycles. The van der Waals surface area contributed by atoms with Crippen molar-refractivity contribution in [2.75, 3.05) is 0 Å². The molecular weight excluding hydrogens is 246 g/mol. The molecule has 3 unspecified atom stereocenters. The molecule has 0 radical (unpaired) electrons. The van der Waals surface area contributed by atoms with Crippen LogP contribution in [0, 0.1) is 28.1 Å². The fourth-order valence-electron chi connectivity index (χ4n) is 4.59. The van der Waals surface area contributed by atoms with Gasteiger partial charge in [0.05, 0.1) is 0 Å². The first kappa shape index (κ1) is 13.7. The quantitative estimate of drug-likeness (QED) is 0.917. The van der Waals surface area contributed by atoms with Crippen LogP contribution in [0.4, 0.5) is 0 Å². The molecule has 108 valence electrons. The van der Waals surface area contributed by atoms with E-state index < -0.39 is 0 Å². The van der Waals surface area contributed by atoms with Gasteiger partial charge in [-0.25, -0.2) is 0 Å². The van der Waals surface area contributed by atoms with Gasteiger partial charge < -0.3 is 9.88 Å². The Morgan fingerprint density at radius 1 is 1.45 bits per heavy atom. The number of rotatable bonds is 3. The molecule has 2 fully saturated rings. The molecule has 0 spiro atoms. The van der Waals surface area contributed by atoms with Crippen LogP contribution in [0.3, 0.4) is 0 Å². The zero-order valence-electron chi connectivity index (χ0n) is 13.0.